The van der Waals surface area contributed by atoms with Crippen LogP contribution in [0.5, 0.6) is 0 Å². The number of nitrogens with zero attached hydrogens (tertiary/aromatic N) is 3. The predicted octanol–water partition coefficient (Wildman–Crippen LogP) is 0.381. The molecule has 104 valence electrons. The zero-order valence-corrected chi connectivity index (χ0v) is 10.5. The average Bonchev–Trinajstić information content (AvgIpc) is 2.17. The van der Waals surface area contributed by atoms with Crippen LogP contribution in [-0.2, 0) is 14.3 Å². The van der Waals surface area contributed by atoms with Crippen LogP contribution in [0.1, 0.15) is 20.8 Å². The first kappa shape index (κ1) is 14.3. The molecule has 0 radical (unpaired) electrons. The first-order valence-electron chi connectivity index (χ1n) is 5.37. The summed E-state index contributed by atoms with van der Waals surface area (Å²) in [5.41, 5.74) is -0.660. The van der Waals surface area contributed by atoms with Crippen LogP contribution in [-0.4, -0.2) is 52.8 Å². The Morgan fingerprint density at radius 1 is 1.56 bits per heavy atom. The van der Waals surface area contributed by atoms with E-state index in [4.69, 9.17) is 9.84 Å². The van der Waals surface area contributed by atoms with E-state index in [1.165, 1.54) is 5.01 Å². The van der Waals surface area contributed by atoms with Crippen LogP contribution in [0.2, 0.25) is 0 Å². The van der Waals surface area contributed by atoms with E-state index in [9.17, 15) is 10.0 Å². The van der Waals surface area contributed by atoms with Gasteiger partial charge in [-0.2, -0.15) is 0 Å². The van der Waals surface area contributed by atoms with Crippen molar-refractivity contribution in [1.82, 2.24) is 5.01 Å². The fourth-order valence-electron chi connectivity index (χ4n) is 1.05. The van der Waals surface area contributed by atoms with Gasteiger partial charge in [-0.25, -0.2) is 4.79 Å². The summed E-state index contributed by atoms with van der Waals surface area (Å²) in [6.07, 6.45) is -1.43. The number of ether oxygens (including phenoxy) is 2. The molecule has 0 atom stereocenters. The van der Waals surface area contributed by atoms with Gasteiger partial charge in [0.25, 0.3) is 6.79 Å². The van der Waals surface area contributed by atoms with E-state index >= 15 is 0 Å². The molecule has 0 amide bonds. The van der Waals surface area contributed by atoms with E-state index in [0.717, 1.165) is 0 Å². The Morgan fingerprint density at radius 2 is 2.17 bits per heavy atom. The smallest absolute Gasteiger partial charge is 0.511 e. The first-order chi connectivity index (χ1) is 8.28. The summed E-state index contributed by atoms with van der Waals surface area (Å²) in [5, 5.41) is 24.4. The van der Waals surface area contributed by atoms with Crippen molar-refractivity contribution in [3.8, 4) is 0 Å². The van der Waals surface area contributed by atoms with E-state index in [-0.39, 0.29) is 18.1 Å². The molecule has 9 heteroatoms. The molecular weight excluding hydrogens is 246 g/mol. The maximum Gasteiger partial charge on any atom is 0.511 e. The molecule has 18 heavy (non-hydrogen) atoms. The van der Waals surface area contributed by atoms with Crippen LogP contribution >= 0.6 is 0 Å². The maximum atomic E-state index is 11.1. The van der Waals surface area contributed by atoms with Crippen molar-refractivity contribution in [3.05, 3.63) is 5.21 Å². The number of carbonyl (C=O) groups is 1. The molecule has 1 aliphatic rings. The third-order valence-electron chi connectivity index (χ3n) is 1.83. The molecule has 0 saturated carbocycles. The standard InChI is InChI=1S/C9H17N3O6/c1-9(2,3)18-8(14)16-6-17-10-12(15)11-4-7(13)5-11/h7,13H,4-6H2,1-3H3. The van der Waals surface area contributed by atoms with Gasteiger partial charge in [-0.05, 0) is 20.8 Å². The third kappa shape index (κ3) is 5.04. The molecule has 0 aliphatic carbocycles. The molecule has 0 aromatic rings. The summed E-state index contributed by atoms with van der Waals surface area (Å²) < 4.78 is 9.33. The Kier molecular flexibility index (Phi) is 4.54. The fourth-order valence-corrected chi connectivity index (χ4v) is 1.05. The maximum absolute atomic E-state index is 11.1. The topological polar surface area (TPSA) is 107 Å². The Hall–Kier alpha value is -1.77. The van der Waals surface area contributed by atoms with Crippen LogP contribution in [0.25, 0.3) is 0 Å². The monoisotopic (exact) mass is 263 g/mol. The fraction of sp³-hybridized carbons (Fsp3) is 0.889. The number of hydrogen-bond acceptors (Lipinski definition) is 7. The lowest BCUT2D eigenvalue weighted by Gasteiger charge is -2.30. The molecular formula is C9H17N3O6. The third-order valence-corrected chi connectivity index (χ3v) is 1.83. The largest absolute Gasteiger partial charge is 0.569 e. The van der Waals surface area contributed by atoms with E-state index in [0.29, 0.717) is 0 Å². The minimum absolute atomic E-state index is 0.186. The Balaban J connectivity index is 2.14. The molecule has 1 aliphatic heterocycles. The van der Waals surface area contributed by atoms with Crippen molar-refractivity contribution < 1.29 is 29.2 Å². The highest BCUT2D eigenvalue weighted by Gasteiger charge is 2.31. The van der Waals surface area contributed by atoms with Crippen molar-refractivity contribution in [2.45, 2.75) is 32.5 Å². The molecule has 1 fully saturated rings. The van der Waals surface area contributed by atoms with Crippen molar-refractivity contribution in [1.29, 1.82) is 0 Å². The Labute approximate surface area is 104 Å². The van der Waals surface area contributed by atoms with Crippen LogP contribution in [0.4, 0.5) is 4.79 Å². The molecule has 1 N–H and O–H groups in total. The van der Waals surface area contributed by atoms with Gasteiger partial charge in [0, 0.05) is 0 Å². The minimum Gasteiger partial charge on any atom is -0.569 e. The minimum atomic E-state index is -0.908. The Bertz CT molecular complexity index is 321. The van der Waals surface area contributed by atoms with E-state index in [2.05, 4.69) is 14.9 Å². The van der Waals surface area contributed by atoms with E-state index < -0.39 is 24.7 Å². The van der Waals surface area contributed by atoms with Gasteiger partial charge < -0.3 is 24.6 Å². The van der Waals surface area contributed by atoms with Crippen molar-refractivity contribution in [3.63, 3.8) is 0 Å². The molecule has 9 nitrogen and oxygen atoms in total. The van der Waals surface area contributed by atoms with Gasteiger partial charge in [0.05, 0.1) is 4.97 Å². The van der Waals surface area contributed by atoms with Crippen molar-refractivity contribution in [2.24, 2.45) is 5.28 Å². The molecule has 0 aromatic heterocycles. The predicted molar refractivity (Wildman–Crippen MR) is 56.9 cm³/mol. The highest BCUT2D eigenvalue weighted by atomic mass is 16.8. The van der Waals surface area contributed by atoms with Gasteiger partial charge in [0.1, 0.15) is 24.8 Å². The van der Waals surface area contributed by atoms with Crippen LogP contribution in [0.15, 0.2) is 5.28 Å². The van der Waals surface area contributed by atoms with Crippen molar-refractivity contribution in [2.75, 3.05) is 19.9 Å². The Morgan fingerprint density at radius 3 is 2.67 bits per heavy atom. The zero-order chi connectivity index (χ0) is 13.8. The highest BCUT2D eigenvalue weighted by molar-refractivity contribution is 5.60. The highest BCUT2D eigenvalue weighted by Crippen LogP contribution is 2.08. The number of β-amino-alcohol motifs (C(OH)–C–C–N with tert-alkyl or cyclic N) is 1. The summed E-state index contributed by atoms with van der Waals surface area (Å²) in [6, 6.07) is 0. The first-order valence-corrected chi connectivity index (χ1v) is 5.37. The van der Waals surface area contributed by atoms with Crippen LogP contribution < -0.4 is 0 Å². The van der Waals surface area contributed by atoms with Crippen LogP contribution in [0.3, 0.4) is 0 Å². The lowest BCUT2D eigenvalue weighted by Crippen LogP contribution is -2.53. The number of aliphatic hydroxyl groups excluding tert-OH is 1. The molecule has 0 unspecified atom stereocenters. The molecule has 0 spiro atoms. The normalized spacial score (nSPS) is 17.1. The molecule has 0 bridgehead atoms. The van der Waals surface area contributed by atoms with Gasteiger partial charge >= 0.3 is 6.16 Å². The zero-order valence-electron chi connectivity index (χ0n) is 10.5. The van der Waals surface area contributed by atoms with Gasteiger partial charge in [0.2, 0.25) is 5.28 Å². The molecule has 0 aromatic carbocycles. The van der Waals surface area contributed by atoms with E-state index in [1.54, 1.807) is 20.8 Å². The number of hydrazine groups is 1. The molecule has 1 saturated heterocycles. The van der Waals surface area contributed by atoms with Gasteiger partial charge in [-0.15, -0.1) is 5.01 Å². The lowest BCUT2D eigenvalue weighted by molar-refractivity contribution is -0.727. The number of aliphatic hydroxyl groups is 1. The second-order valence-corrected chi connectivity index (χ2v) is 4.72. The van der Waals surface area contributed by atoms with Gasteiger partial charge in [0.15, 0.2) is 0 Å². The summed E-state index contributed by atoms with van der Waals surface area (Å²) >= 11 is 0. The molecule has 1 rings (SSSR count). The number of carbonyl (C=O) groups excluding carboxylic acids is 1. The summed E-state index contributed by atoms with van der Waals surface area (Å²) in [7, 11) is 0. The SMILES string of the molecule is CC(C)(C)OC(=O)OCON=[N+]([O-])N1CC(O)C1. The van der Waals surface area contributed by atoms with Crippen molar-refractivity contribution >= 4 is 6.16 Å². The van der Waals surface area contributed by atoms with Crippen LogP contribution in [0, 0.1) is 5.21 Å². The lowest BCUT2D eigenvalue weighted by atomic mass is 10.2. The summed E-state index contributed by atoms with van der Waals surface area (Å²) in [4.78, 5) is 15.7. The average molecular weight is 263 g/mol. The van der Waals surface area contributed by atoms with E-state index in [1.807, 2.05) is 0 Å². The van der Waals surface area contributed by atoms with Gasteiger partial charge in [-0.1, -0.05) is 0 Å². The second kappa shape index (κ2) is 5.71. The summed E-state index contributed by atoms with van der Waals surface area (Å²) in [5.74, 6) is 0. The quantitative estimate of drug-likeness (QED) is 0.195. The summed E-state index contributed by atoms with van der Waals surface area (Å²) in [6.45, 7) is 4.94. The number of rotatable bonds is 4. The molecule has 1 heterocycles. The van der Waals surface area contributed by atoms with Gasteiger partial charge in [-0.3, -0.25) is 0 Å². The second-order valence-electron chi connectivity index (χ2n) is 4.72. The number of hydrogen-bond donors (Lipinski definition) is 1.